The lowest BCUT2D eigenvalue weighted by Crippen LogP contribution is -2.57. The van der Waals surface area contributed by atoms with Gasteiger partial charge in [-0.1, -0.05) is 0 Å². The Morgan fingerprint density at radius 3 is 2.73 bits per heavy atom. The molecule has 0 aliphatic rings. The molecule has 0 spiro atoms. The minimum absolute atomic E-state index is 0.186. The van der Waals surface area contributed by atoms with E-state index in [4.69, 9.17) is 4.52 Å². The Bertz CT molecular complexity index is 347. The summed E-state index contributed by atoms with van der Waals surface area (Å²) in [5.41, 5.74) is 0.762. The van der Waals surface area contributed by atoms with E-state index in [-0.39, 0.29) is 5.91 Å². The van der Waals surface area contributed by atoms with Crippen molar-refractivity contribution in [3.63, 3.8) is 0 Å². The molecule has 0 unspecified atom stereocenters. The van der Waals surface area contributed by atoms with Crippen molar-refractivity contribution < 1.29 is 14.1 Å². The molecule has 1 amide bonds. The summed E-state index contributed by atoms with van der Waals surface area (Å²) in [5, 5.41) is 11.1. The number of nitrogens with zero attached hydrogens (tertiary/aromatic N) is 3. The minimum atomic E-state index is -0.186. The summed E-state index contributed by atoms with van der Waals surface area (Å²) in [6.07, 6.45) is 0. The SMILES string of the molecule is CNCc1c(NC(C)=O)on[n+]1N(C)C. The third-order valence-corrected chi connectivity index (χ3v) is 1.73. The van der Waals surface area contributed by atoms with Gasteiger partial charge in [0.15, 0.2) is 0 Å². The Morgan fingerprint density at radius 1 is 1.60 bits per heavy atom. The van der Waals surface area contributed by atoms with Crippen molar-refractivity contribution in [2.75, 3.05) is 31.5 Å². The Hall–Kier alpha value is -1.63. The second-order valence-electron chi connectivity index (χ2n) is 3.30. The molecule has 0 aliphatic carbocycles. The van der Waals surface area contributed by atoms with E-state index < -0.39 is 0 Å². The van der Waals surface area contributed by atoms with E-state index in [9.17, 15) is 4.79 Å². The maximum atomic E-state index is 10.9. The lowest BCUT2D eigenvalue weighted by molar-refractivity contribution is -0.759. The quantitative estimate of drug-likeness (QED) is 0.618. The van der Waals surface area contributed by atoms with Gasteiger partial charge in [0.05, 0.1) is 25.4 Å². The van der Waals surface area contributed by atoms with E-state index in [1.807, 2.05) is 21.1 Å². The van der Waals surface area contributed by atoms with Crippen molar-refractivity contribution in [2.45, 2.75) is 13.5 Å². The van der Waals surface area contributed by atoms with Crippen LogP contribution in [0.3, 0.4) is 0 Å². The van der Waals surface area contributed by atoms with Crippen LogP contribution < -0.4 is 20.4 Å². The fourth-order valence-electron chi connectivity index (χ4n) is 1.16. The number of anilines is 1. The van der Waals surface area contributed by atoms with Crippen molar-refractivity contribution in [3.8, 4) is 0 Å². The van der Waals surface area contributed by atoms with Crippen LogP contribution in [0.15, 0.2) is 4.52 Å². The van der Waals surface area contributed by atoms with Crippen molar-refractivity contribution in [1.82, 2.24) is 10.6 Å². The van der Waals surface area contributed by atoms with Gasteiger partial charge in [-0.15, -0.1) is 0 Å². The number of aromatic nitrogens is 2. The number of hydrogen-bond donors (Lipinski definition) is 2. The number of nitrogens with one attached hydrogen (secondary N) is 2. The van der Waals surface area contributed by atoms with Crippen LogP contribution in [0.4, 0.5) is 5.88 Å². The van der Waals surface area contributed by atoms with Crippen molar-refractivity contribution in [2.24, 2.45) is 0 Å². The van der Waals surface area contributed by atoms with E-state index >= 15 is 0 Å². The summed E-state index contributed by atoms with van der Waals surface area (Å²) >= 11 is 0. The third kappa shape index (κ3) is 2.66. The predicted molar refractivity (Wildman–Crippen MR) is 53.8 cm³/mol. The highest BCUT2D eigenvalue weighted by Gasteiger charge is 2.26. The molecule has 0 bridgehead atoms. The van der Waals surface area contributed by atoms with Gasteiger partial charge in [-0.2, -0.15) is 5.01 Å². The van der Waals surface area contributed by atoms with E-state index in [2.05, 4.69) is 15.9 Å². The number of carbonyl (C=O) groups is 1. The molecule has 1 heterocycles. The fraction of sp³-hybridized carbons (Fsp3) is 0.625. The fourth-order valence-corrected chi connectivity index (χ4v) is 1.16. The van der Waals surface area contributed by atoms with Gasteiger partial charge in [0, 0.05) is 6.92 Å². The van der Waals surface area contributed by atoms with Crippen LogP contribution in [0.5, 0.6) is 0 Å². The number of rotatable bonds is 4. The molecular weight excluding hydrogens is 198 g/mol. The molecule has 84 valence electrons. The van der Waals surface area contributed by atoms with Gasteiger partial charge in [0.1, 0.15) is 0 Å². The highest BCUT2D eigenvalue weighted by Crippen LogP contribution is 2.09. The molecule has 7 nitrogen and oxygen atoms in total. The second-order valence-corrected chi connectivity index (χ2v) is 3.30. The normalized spacial score (nSPS) is 10.1. The summed E-state index contributed by atoms with van der Waals surface area (Å²) in [7, 11) is 5.48. The zero-order chi connectivity index (χ0) is 11.4. The number of hydrogen-bond acceptors (Lipinski definition) is 5. The number of carbonyl (C=O) groups excluding carboxylic acids is 1. The molecule has 0 saturated carbocycles. The van der Waals surface area contributed by atoms with Crippen LogP contribution >= 0.6 is 0 Å². The molecule has 1 aromatic heterocycles. The van der Waals surface area contributed by atoms with Crippen LogP contribution in [0.25, 0.3) is 0 Å². The third-order valence-electron chi connectivity index (χ3n) is 1.73. The molecule has 0 saturated heterocycles. The number of amides is 1. The monoisotopic (exact) mass is 214 g/mol. The average Bonchev–Trinajstić information content (AvgIpc) is 2.48. The van der Waals surface area contributed by atoms with Gasteiger partial charge in [-0.25, -0.2) is 0 Å². The topological polar surface area (TPSA) is 74.3 Å². The molecule has 0 atom stereocenters. The van der Waals surface area contributed by atoms with Gasteiger partial charge in [-0.05, 0) is 7.05 Å². The Morgan fingerprint density at radius 2 is 2.27 bits per heavy atom. The molecule has 0 fully saturated rings. The summed E-state index contributed by atoms with van der Waals surface area (Å²) in [5.74, 6) is 0.181. The molecule has 15 heavy (non-hydrogen) atoms. The summed E-state index contributed by atoms with van der Waals surface area (Å²) in [6, 6.07) is 0. The lowest BCUT2D eigenvalue weighted by atomic mass is 10.4. The highest BCUT2D eigenvalue weighted by molar-refractivity contribution is 5.87. The van der Waals surface area contributed by atoms with Crippen LogP contribution in [0.1, 0.15) is 12.6 Å². The van der Waals surface area contributed by atoms with Crippen LogP contribution in [-0.2, 0) is 11.3 Å². The Labute approximate surface area is 88.0 Å². The van der Waals surface area contributed by atoms with Gasteiger partial charge < -0.3 is 5.32 Å². The van der Waals surface area contributed by atoms with E-state index in [1.54, 1.807) is 9.80 Å². The zero-order valence-electron chi connectivity index (χ0n) is 9.37. The van der Waals surface area contributed by atoms with Gasteiger partial charge in [-0.3, -0.25) is 14.6 Å². The molecule has 1 aromatic rings. The van der Waals surface area contributed by atoms with Crippen molar-refractivity contribution in [1.29, 1.82) is 0 Å². The highest BCUT2D eigenvalue weighted by atomic mass is 16.5. The smallest absolute Gasteiger partial charge is 0.310 e. The largest absolute Gasteiger partial charge is 0.322 e. The first-order valence-electron chi connectivity index (χ1n) is 4.57. The molecule has 1 rings (SSSR count). The van der Waals surface area contributed by atoms with Gasteiger partial charge in [0.25, 0.3) is 0 Å². The zero-order valence-corrected chi connectivity index (χ0v) is 9.37. The van der Waals surface area contributed by atoms with E-state index in [0.717, 1.165) is 5.69 Å². The summed E-state index contributed by atoms with van der Waals surface area (Å²) in [4.78, 5) is 12.5. The predicted octanol–water partition coefficient (Wildman–Crippen LogP) is -1.16. The molecule has 0 radical (unpaired) electrons. The summed E-state index contributed by atoms with van der Waals surface area (Å²) in [6.45, 7) is 1.98. The van der Waals surface area contributed by atoms with Crippen molar-refractivity contribution >= 4 is 11.8 Å². The van der Waals surface area contributed by atoms with Gasteiger partial charge in [0.2, 0.25) is 11.2 Å². The van der Waals surface area contributed by atoms with Gasteiger partial charge >= 0.3 is 11.6 Å². The Balaban J connectivity index is 3.00. The molecule has 2 N–H and O–H groups in total. The first-order valence-corrected chi connectivity index (χ1v) is 4.57. The Kier molecular flexibility index (Phi) is 3.62. The van der Waals surface area contributed by atoms with Crippen LogP contribution in [-0.4, -0.2) is 32.3 Å². The van der Waals surface area contributed by atoms with Crippen LogP contribution in [0, 0.1) is 0 Å². The molecule has 7 heteroatoms. The molecule has 0 aliphatic heterocycles. The maximum Gasteiger partial charge on any atom is 0.322 e. The second kappa shape index (κ2) is 4.74. The standard InChI is InChI=1S/C8H15N5O2/c1-6(14)10-8-7(5-9-2)13(11-15-8)12(3)4/h9H,5H2,1-4H3/p+1. The first-order chi connectivity index (χ1) is 7.06. The average molecular weight is 214 g/mol. The lowest BCUT2D eigenvalue weighted by Gasteiger charge is -2.01. The van der Waals surface area contributed by atoms with Crippen LogP contribution in [0.2, 0.25) is 0 Å². The molecular formula is C8H16N5O2+. The molecule has 0 aromatic carbocycles. The van der Waals surface area contributed by atoms with E-state index in [1.165, 1.54) is 6.92 Å². The van der Waals surface area contributed by atoms with Crippen molar-refractivity contribution in [3.05, 3.63) is 5.69 Å². The van der Waals surface area contributed by atoms with E-state index in [0.29, 0.717) is 12.4 Å². The minimum Gasteiger partial charge on any atom is -0.310 e. The maximum absolute atomic E-state index is 10.9. The first kappa shape index (κ1) is 11.4. The summed E-state index contributed by atoms with van der Waals surface area (Å²) < 4.78 is 5.02.